The summed E-state index contributed by atoms with van der Waals surface area (Å²) in [6.07, 6.45) is 1.61. The fourth-order valence-corrected chi connectivity index (χ4v) is 3.24. The van der Waals surface area contributed by atoms with E-state index in [0.717, 1.165) is 10.0 Å². The average molecular weight is 411 g/mol. The van der Waals surface area contributed by atoms with Crippen LogP contribution in [0.2, 0.25) is 0 Å². The molecule has 0 saturated carbocycles. The summed E-state index contributed by atoms with van der Waals surface area (Å²) in [7, 11) is 0. The molecule has 0 aliphatic carbocycles. The van der Waals surface area contributed by atoms with E-state index < -0.39 is 17.7 Å². The number of aromatic nitrogens is 1. The molecule has 2 heterocycles. The van der Waals surface area contributed by atoms with Gasteiger partial charge in [-0.2, -0.15) is 0 Å². The second-order valence-corrected chi connectivity index (χ2v) is 7.13. The van der Waals surface area contributed by atoms with Crippen LogP contribution in [0.15, 0.2) is 22.9 Å². The highest BCUT2D eigenvalue weighted by Crippen LogP contribution is 2.38. The van der Waals surface area contributed by atoms with Gasteiger partial charge in [0.25, 0.3) is 6.43 Å². The lowest BCUT2D eigenvalue weighted by Crippen LogP contribution is -2.50. The molecule has 2 rings (SSSR count). The molecule has 1 N–H and O–H groups in total. The van der Waals surface area contributed by atoms with Crippen LogP contribution < -0.4 is 5.43 Å². The first-order valence-electron chi connectivity index (χ1n) is 7.42. The van der Waals surface area contributed by atoms with E-state index in [-0.39, 0.29) is 18.3 Å². The Morgan fingerprint density at radius 2 is 2.35 bits per heavy atom. The molecule has 1 saturated heterocycles. The van der Waals surface area contributed by atoms with Gasteiger partial charge in [-0.15, -0.1) is 11.6 Å². The number of pyridine rings is 1. The van der Waals surface area contributed by atoms with Crippen LogP contribution in [-0.2, 0) is 4.79 Å². The number of halogens is 4. The van der Waals surface area contributed by atoms with E-state index in [2.05, 4.69) is 26.3 Å². The van der Waals surface area contributed by atoms with Crippen LogP contribution in [-0.4, -0.2) is 34.8 Å². The molecule has 1 aliphatic heterocycles. The topological polar surface area (TPSA) is 45.2 Å². The number of hydrazine groups is 1. The third-order valence-corrected chi connectivity index (χ3v) is 4.84. The first kappa shape index (κ1) is 18.5. The molecule has 128 valence electrons. The molecular weight excluding hydrogens is 392 g/mol. The summed E-state index contributed by atoms with van der Waals surface area (Å²) in [4.78, 5) is 16.9. The number of hydrogen-bond acceptors (Lipinski definition) is 3. The first-order chi connectivity index (χ1) is 10.9. The maximum absolute atomic E-state index is 13.6. The van der Waals surface area contributed by atoms with Gasteiger partial charge in [0, 0.05) is 29.3 Å². The Bertz CT molecular complexity index is 563. The SMILES string of the molecule is CC(CCCCl)(C(=O)N1NCCC1c1cncc(Br)c1)C(F)F. The highest BCUT2D eigenvalue weighted by atomic mass is 79.9. The lowest BCUT2D eigenvalue weighted by atomic mass is 9.84. The zero-order valence-corrected chi connectivity index (χ0v) is 15.1. The van der Waals surface area contributed by atoms with Crippen LogP contribution in [0.1, 0.15) is 37.8 Å². The molecule has 0 spiro atoms. The van der Waals surface area contributed by atoms with Gasteiger partial charge in [-0.25, -0.2) is 14.2 Å². The van der Waals surface area contributed by atoms with Crippen molar-refractivity contribution in [3.8, 4) is 0 Å². The van der Waals surface area contributed by atoms with Crippen LogP contribution in [0.3, 0.4) is 0 Å². The third kappa shape index (κ3) is 4.00. The Morgan fingerprint density at radius 1 is 1.61 bits per heavy atom. The Morgan fingerprint density at radius 3 is 2.96 bits per heavy atom. The number of hydrogen-bond donors (Lipinski definition) is 1. The molecule has 1 aromatic rings. The molecule has 2 unspecified atom stereocenters. The summed E-state index contributed by atoms with van der Waals surface area (Å²) in [6, 6.07) is 1.55. The zero-order valence-electron chi connectivity index (χ0n) is 12.7. The molecule has 0 radical (unpaired) electrons. The standard InChI is InChI=1S/C15H19BrClF2N3O/c1-15(13(18)19,4-2-5-17)14(23)22-12(3-6-21-22)10-7-11(16)9-20-8-10/h7-9,12-13,21H,2-6H2,1H3. The first-order valence-corrected chi connectivity index (χ1v) is 8.74. The molecule has 23 heavy (non-hydrogen) atoms. The zero-order chi connectivity index (χ0) is 17.0. The van der Waals surface area contributed by atoms with E-state index in [0.29, 0.717) is 19.4 Å². The summed E-state index contributed by atoms with van der Waals surface area (Å²) in [5, 5.41) is 1.34. The number of nitrogens with one attached hydrogen (secondary N) is 1. The Labute approximate surface area is 147 Å². The monoisotopic (exact) mass is 409 g/mol. The van der Waals surface area contributed by atoms with Crippen molar-refractivity contribution >= 4 is 33.4 Å². The molecule has 4 nitrogen and oxygen atoms in total. The lowest BCUT2D eigenvalue weighted by molar-refractivity contribution is -0.155. The molecule has 1 aromatic heterocycles. The van der Waals surface area contributed by atoms with E-state index in [1.165, 1.54) is 11.9 Å². The van der Waals surface area contributed by atoms with Crippen LogP contribution in [0, 0.1) is 5.41 Å². The fourth-order valence-electron chi connectivity index (χ4n) is 2.72. The van der Waals surface area contributed by atoms with Crippen molar-refractivity contribution < 1.29 is 13.6 Å². The Balaban J connectivity index is 2.25. The minimum absolute atomic E-state index is 0.0502. The predicted molar refractivity (Wildman–Crippen MR) is 88.2 cm³/mol. The van der Waals surface area contributed by atoms with Gasteiger partial charge < -0.3 is 0 Å². The van der Waals surface area contributed by atoms with Crippen LogP contribution >= 0.6 is 27.5 Å². The minimum atomic E-state index is -2.75. The third-order valence-electron chi connectivity index (χ3n) is 4.14. The number of carbonyl (C=O) groups excluding carboxylic acids is 1. The molecule has 2 atom stereocenters. The van der Waals surface area contributed by atoms with E-state index >= 15 is 0 Å². The van der Waals surface area contributed by atoms with Gasteiger partial charge >= 0.3 is 0 Å². The Hall–Kier alpha value is -0.790. The maximum Gasteiger partial charge on any atom is 0.252 e. The van der Waals surface area contributed by atoms with Crippen molar-refractivity contribution in [1.29, 1.82) is 0 Å². The normalized spacial score (nSPS) is 20.8. The molecule has 8 heteroatoms. The van der Waals surface area contributed by atoms with Crippen molar-refractivity contribution in [3.63, 3.8) is 0 Å². The van der Waals surface area contributed by atoms with Crippen molar-refractivity contribution in [2.45, 2.75) is 38.7 Å². The Kier molecular flexibility index (Phi) is 6.33. The van der Waals surface area contributed by atoms with Gasteiger partial charge in [-0.3, -0.25) is 14.8 Å². The smallest absolute Gasteiger partial charge is 0.252 e. The molecule has 1 fully saturated rings. The molecule has 1 aliphatic rings. The van der Waals surface area contributed by atoms with Gasteiger partial charge in [0.2, 0.25) is 5.91 Å². The lowest BCUT2D eigenvalue weighted by Gasteiger charge is -2.34. The van der Waals surface area contributed by atoms with E-state index in [1.807, 2.05) is 6.07 Å². The van der Waals surface area contributed by atoms with Gasteiger partial charge in [-0.05, 0) is 53.7 Å². The average Bonchev–Trinajstić information content (AvgIpc) is 3.01. The van der Waals surface area contributed by atoms with Crippen molar-refractivity contribution in [1.82, 2.24) is 15.4 Å². The highest BCUT2D eigenvalue weighted by Gasteiger charge is 2.47. The quantitative estimate of drug-likeness (QED) is 0.723. The molecule has 0 bridgehead atoms. The summed E-state index contributed by atoms with van der Waals surface area (Å²) in [5.74, 6) is -0.345. The minimum Gasteiger partial charge on any atom is -0.273 e. The predicted octanol–water partition coefficient (Wildman–Crippen LogP) is 3.91. The van der Waals surface area contributed by atoms with Crippen molar-refractivity contribution in [2.24, 2.45) is 5.41 Å². The number of amides is 1. The highest BCUT2D eigenvalue weighted by molar-refractivity contribution is 9.10. The van der Waals surface area contributed by atoms with Crippen LogP contribution in [0.25, 0.3) is 0 Å². The largest absolute Gasteiger partial charge is 0.273 e. The summed E-state index contributed by atoms with van der Waals surface area (Å²) < 4.78 is 27.9. The number of nitrogens with zero attached hydrogens (tertiary/aromatic N) is 2. The maximum atomic E-state index is 13.6. The van der Waals surface area contributed by atoms with Crippen molar-refractivity contribution in [3.05, 3.63) is 28.5 Å². The van der Waals surface area contributed by atoms with Crippen molar-refractivity contribution in [2.75, 3.05) is 12.4 Å². The second kappa shape index (κ2) is 7.85. The van der Waals surface area contributed by atoms with E-state index in [4.69, 9.17) is 11.6 Å². The second-order valence-electron chi connectivity index (χ2n) is 5.83. The van der Waals surface area contributed by atoms with Crippen LogP contribution in [0.5, 0.6) is 0 Å². The fraction of sp³-hybridized carbons (Fsp3) is 0.600. The summed E-state index contributed by atoms with van der Waals surface area (Å²) in [5.41, 5.74) is 2.00. The molecule has 1 amide bonds. The molecular formula is C15H19BrClF2N3O. The van der Waals surface area contributed by atoms with Gasteiger partial charge in [0.15, 0.2) is 0 Å². The molecule has 0 aromatic carbocycles. The number of carbonyl (C=O) groups is 1. The van der Waals surface area contributed by atoms with Gasteiger partial charge in [0.05, 0.1) is 6.04 Å². The van der Waals surface area contributed by atoms with E-state index in [1.54, 1.807) is 12.4 Å². The number of alkyl halides is 3. The number of rotatable bonds is 6. The summed E-state index contributed by atoms with van der Waals surface area (Å²) >= 11 is 8.96. The van der Waals surface area contributed by atoms with Gasteiger partial charge in [-0.1, -0.05) is 0 Å². The van der Waals surface area contributed by atoms with E-state index in [9.17, 15) is 13.6 Å². The summed E-state index contributed by atoms with van der Waals surface area (Å²) in [6.45, 7) is 1.86. The van der Waals surface area contributed by atoms with Gasteiger partial charge in [0.1, 0.15) is 5.41 Å². The van der Waals surface area contributed by atoms with Crippen LogP contribution in [0.4, 0.5) is 8.78 Å².